The van der Waals surface area contributed by atoms with E-state index >= 15 is 0 Å². The van der Waals surface area contributed by atoms with Gasteiger partial charge in [0.15, 0.2) is 0 Å². The fourth-order valence-corrected chi connectivity index (χ4v) is 1.92. The molecule has 2 aromatic rings. The van der Waals surface area contributed by atoms with Gasteiger partial charge in [-0.1, -0.05) is 23.2 Å². The van der Waals surface area contributed by atoms with Gasteiger partial charge in [0.1, 0.15) is 5.56 Å². The highest BCUT2D eigenvalue weighted by Gasteiger charge is 2.12. The van der Waals surface area contributed by atoms with Crippen molar-refractivity contribution in [3.05, 3.63) is 56.4 Å². The number of halogens is 2. The van der Waals surface area contributed by atoms with Crippen LogP contribution in [0.15, 0.2) is 35.3 Å². The zero-order valence-electron chi connectivity index (χ0n) is 8.91. The van der Waals surface area contributed by atoms with Crippen molar-refractivity contribution in [2.24, 2.45) is 0 Å². The van der Waals surface area contributed by atoms with Crippen molar-refractivity contribution in [2.75, 3.05) is 0 Å². The van der Waals surface area contributed by atoms with Gasteiger partial charge in [0.2, 0.25) is 0 Å². The minimum atomic E-state index is -1.30. The molecule has 92 valence electrons. The summed E-state index contributed by atoms with van der Waals surface area (Å²) in [5, 5.41) is 9.77. The first-order valence-corrected chi connectivity index (χ1v) is 5.66. The summed E-state index contributed by atoms with van der Waals surface area (Å²) in [6, 6.07) is 6.09. The van der Waals surface area contributed by atoms with E-state index in [1.54, 1.807) is 18.2 Å². The summed E-state index contributed by atoms with van der Waals surface area (Å²) >= 11 is 11.9. The van der Waals surface area contributed by atoms with Gasteiger partial charge in [-0.05, 0) is 24.3 Å². The Morgan fingerprint density at radius 3 is 2.61 bits per heavy atom. The van der Waals surface area contributed by atoms with Gasteiger partial charge in [-0.25, -0.2) is 4.79 Å². The number of aromatic amines is 1. The number of carboxylic acids is 1. The van der Waals surface area contributed by atoms with Crippen LogP contribution in [0, 0.1) is 0 Å². The second-order valence-electron chi connectivity index (χ2n) is 3.56. The molecule has 6 heteroatoms. The van der Waals surface area contributed by atoms with Crippen LogP contribution in [-0.2, 0) is 0 Å². The normalized spacial score (nSPS) is 10.3. The zero-order chi connectivity index (χ0) is 13.3. The molecule has 0 fully saturated rings. The van der Waals surface area contributed by atoms with E-state index < -0.39 is 11.5 Å². The summed E-state index contributed by atoms with van der Waals surface area (Å²) in [6.45, 7) is 0. The molecule has 0 saturated heterocycles. The lowest BCUT2D eigenvalue weighted by molar-refractivity contribution is 0.0695. The first-order chi connectivity index (χ1) is 8.49. The largest absolute Gasteiger partial charge is 0.477 e. The van der Waals surface area contributed by atoms with Crippen molar-refractivity contribution in [2.45, 2.75) is 0 Å². The lowest BCUT2D eigenvalue weighted by Gasteiger charge is -2.05. The van der Waals surface area contributed by atoms with Crippen molar-refractivity contribution in [3.8, 4) is 11.1 Å². The maximum Gasteiger partial charge on any atom is 0.341 e. The maximum absolute atomic E-state index is 11.3. The summed E-state index contributed by atoms with van der Waals surface area (Å²) < 4.78 is 0. The molecule has 4 nitrogen and oxygen atoms in total. The molecule has 0 aliphatic carbocycles. The van der Waals surface area contributed by atoms with Crippen molar-refractivity contribution in [1.29, 1.82) is 0 Å². The third-order valence-electron chi connectivity index (χ3n) is 2.37. The van der Waals surface area contributed by atoms with E-state index in [0.29, 0.717) is 21.2 Å². The molecule has 0 bridgehead atoms. The van der Waals surface area contributed by atoms with Gasteiger partial charge in [-0.15, -0.1) is 0 Å². The third kappa shape index (κ3) is 2.39. The minimum absolute atomic E-state index is 0.344. The van der Waals surface area contributed by atoms with E-state index in [-0.39, 0.29) is 5.56 Å². The van der Waals surface area contributed by atoms with Crippen molar-refractivity contribution >= 4 is 29.2 Å². The van der Waals surface area contributed by atoms with Gasteiger partial charge in [-0.3, -0.25) is 4.79 Å². The summed E-state index contributed by atoms with van der Waals surface area (Å²) in [7, 11) is 0. The summed E-state index contributed by atoms with van der Waals surface area (Å²) in [5.41, 5.74) is 0.0374. The Morgan fingerprint density at radius 2 is 1.94 bits per heavy atom. The Morgan fingerprint density at radius 1 is 1.22 bits per heavy atom. The number of benzene rings is 1. The second kappa shape index (κ2) is 4.84. The van der Waals surface area contributed by atoms with Crippen LogP contribution in [0.1, 0.15) is 10.4 Å². The molecule has 0 unspecified atom stereocenters. The van der Waals surface area contributed by atoms with Crippen LogP contribution >= 0.6 is 23.2 Å². The second-order valence-corrected chi connectivity index (χ2v) is 4.40. The first kappa shape index (κ1) is 12.7. The number of pyridine rings is 1. The molecule has 0 spiro atoms. The standard InChI is InChI=1S/C12H7Cl2NO3/c13-7-1-2-10(14)8(4-7)6-3-9(12(17)18)11(16)15-5-6/h1-5H,(H,15,16)(H,17,18). The van der Waals surface area contributed by atoms with E-state index in [9.17, 15) is 9.59 Å². The molecule has 1 heterocycles. The molecule has 2 N–H and O–H groups in total. The molecule has 18 heavy (non-hydrogen) atoms. The Kier molecular flexibility index (Phi) is 3.41. The predicted molar refractivity (Wildman–Crippen MR) is 69.5 cm³/mol. The third-order valence-corrected chi connectivity index (χ3v) is 2.94. The number of nitrogens with one attached hydrogen (secondary N) is 1. The number of H-pyrrole nitrogens is 1. The molecule has 1 aromatic carbocycles. The summed E-state index contributed by atoms with van der Waals surface area (Å²) in [6.07, 6.45) is 1.40. The number of rotatable bonds is 2. The Bertz CT molecular complexity index is 679. The van der Waals surface area contributed by atoms with Gasteiger partial charge in [-0.2, -0.15) is 0 Å². The quantitative estimate of drug-likeness (QED) is 0.890. The summed E-state index contributed by atoms with van der Waals surface area (Å²) in [5.74, 6) is -1.30. The van der Waals surface area contributed by atoms with Crippen LogP contribution in [0.25, 0.3) is 11.1 Å². The SMILES string of the molecule is O=C(O)c1cc(-c2cc(Cl)ccc2Cl)c[nH]c1=O. The number of hydrogen-bond donors (Lipinski definition) is 2. The molecule has 0 atom stereocenters. The van der Waals surface area contributed by atoms with E-state index in [2.05, 4.69) is 4.98 Å². The molecule has 2 rings (SSSR count). The van der Waals surface area contributed by atoms with E-state index in [1.807, 2.05) is 0 Å². The van der Waals surface area contributed by atoms with E-state index in [1.165, 1.54) is 12.3 Å². The van der Waals surface area contributed by atoms with E-state index in [0.717, 1.165) is 0 Å². The van der Waals surface area contributed by atoms with Gasteiger partial charge in [0.05, 0.1) is 0 Å². The van der Waals surface area contributed by atoms with Crippen LogP contribution in [0.5, 0.6) is 0 Å². The molecule has 1 aromatic heterocycles. The van der Waals surface area contributed by atoms with Crippen molar-refractivity contribution < 1.29 is 9.90 Å². The monoisotopic (exact) mass is 283 g/mol. The highest BCUT2D eigenvalue weighted by Crippen LogP contribution is 2.30. The van der Waals surface area contributed by atoms with Crippen LogP contribution in [0.4, 0.5) is 0 Å². The van der Waals surface area contributed by atoms with Gasteiger partial charge < -0.3 is 10.1 Å². The smallest absolute Gasteiger partial charge is 0.341 e. The number of hydrogen-bond acceptors (Lipinski definition) is 2. The minimum Gasteiger partial charge on any atom is -0.477 e. The number of aromatic carboxylic acids is 1. The fraction of sp³-hybridized carbons (Fsp3) is 0. The lowest BCUT2D eigenvalue weighted by Crippen LogP contribution is -2.16. The van der Waals surface area contributed by atoms with Gasteiger partial charge in [0.25, 0.3) is 5.56 Å². The van der Waals surface area contributed by atoms with Crippen LogP contribution < -0.4 is 5.56 Å². The number of aromatic nitrogens is 1. The highest BCUT2D eigenvalue weighted by molar-refractivity contribution is 6.35. The number of carboxylic acid groups (broad SMARTS) is 1. The molecule has 0 aliphatic heterocycles. The molecule has 0 amide bonds. The Balaban J connectivity index is 2.65. The predicted octanol–water partition coefficient (Wildman–Crippen LogP) is 3.05. The van der Waals surface area contributed by atoms with E-state index in [4.69, 9.17) is 28.3 Å². The van der Waals surface area contributed by atoms with Gasteiger partial charge >= 0.3 is 5.97 Å². The molecular weight excluding hydrogens is 277 g/mol. The average Bonchev–Trinajstić information content (AvgIpc) is 2.33. The average molecular weight is 284 g/mol. The zero-order valence-corrected chi connectivity index (χ0v) is 10.4. The van der Waals surface area contributed by atoms with Crippen molar-refractivity contribution in [3.63, 3.8) is 0 Å². The highest BCUT2D eigenvalue weighted by atomic mass is 35.5. The molecule has 0 saturated carbocycles. The maximum atomic E-state index is 11.3. The van der Waals surface area contributed by atoms with Crippen LogP contribution in [0.3, 0.4) is 0 Å². The van der Waals surface area contributed by atoms with Crippen LogP contribution in [0.2, 0.25) is 10.0 Å². The lowest BCUT2D eigenvalue weighted by atomic mass is 10.1. The molecule has 0 radical (unpaired) electrons. The molecule has 0 aliphatic rings. The van der Waals surface area contributed by atoms with Crippen molar-refractivity contribution in [1.82, 2.24) is 4.98 Å². The first-order valence-electron chi connectivity index (χ1n) is 4.90. The Labute approximate surface area is 112 Å². The van der Waals surface area contributed by atoms with Gasteiger partial charge in [0, 0.05) is 27.4 Å². The number of carbonyl (C=O) groups is 1. The topological polar surface area (TPSA) is 70.2 Å². The fourth-order valence-electron chi connectivity index (χ4n) is 1.52. The Hall–Kier alpha value is -1.78. The summed E-state index contributed by atoms with van der Waals surface area (Å²) in [4.78, 5) is 24.5. The van der Waals surface area contributed by atoms with Crippen LogP contribution in [-0.4, -0.2) is 16.1 Å². The molecular formula is C12H7Cl2NO3.